The average molecular weight is 515 g/mol. The monoisotopic (exact) mass is 514 g/mol. The van der Waals surface area contributed by atoms with E-state index in [4.69, 9.17) is 24.8 Å². The van der Waals surface area contributed by atoms with Crippen molar-refractivity contribution >= 4 is 5.97 Å². The molecule has 0 amide bonds. The highest BCUT2D eigenvalue weighted by molar-refractivity contribution is 5.66. The summed E-state index contributed by atoms with van der Waals surface area (Å²) < 4.78 is 10.1. The van der Waals surface area contributed by atoms with Crippen molar-refractivity contribution in [2.45, 2.75) is 119 Å². The molecule has 2 aliphatic heterocycles. The van der Waals surface area contributed by atoms with Crippen LogP contribution in [-0.2, 0) is 14.3 Å². The van der Waals surface area contributed by atoms with Crippen LogP contribution in [0.15, 0.2) is 0 Å². The first-order chi connectivity index (χ1) is 16.5. The van der Waals surface area contributed by atoms with Gasteiger partial charge in [-0.3, -0.25) is 4.79 Å². The molecule has 208 valence electrons. The summed E-state index contributed by atoms with van der Waals surface area (Å²) >= 11 is 0. The van der Waals surface area contributed by atoms with Crippen molar-refractivity contribution < 1.29 is 65.3 Å². The lowest BCUT2D eigenvalue weighted by Gasteiger charge is -2.52. The molecular weight excluding hydrogens is 472 g/mol. The fraction of sp³-hybridized carbons (Fsp3) is 0.955. The molecule has 0 bridgehead atoms. The van der Waals surface area contributed by atoms with Gasteiger partial charge in [-0.25, -0.2) is 0 Å². The Morgan fingerprint density at radius 1 is 0.743 bits per heavy atom. The van der Waals surface area contributed by atoms with E-state index in [0.717, 1.165) is 12.8 Å². The molecule has 2 heterocycles. The molecule has 0 saturated carbocycles. The van der Waals surface area contributed by atoms with E-state index >= 15 is 0 Å². The second kappa shape index (κ2) is 15.3. The molecule has 0 aromatic rings. The van der Waals surface area contributed by atoms with Gasteiger partial charge in [-0.05, 0) is 6.42 Å². The number of aliphatic hydroxyl groups is 9. The fourth-order valence-corrected chi connectivity index (χ4v) is 4.09. The Morgan fingerprint density at radius 2 is 1.26 bits per heavy atom. The summed E-state index contributed by atoms with van der Waals surface area (Å²) in [6.45, 7) is 0.595. The van der Waals surface area contributed by atoms with Crippen molar-refractivity contribution in [3.8, 4) is 0 Å². The van der Waals surface area contributed by atoms with Crippen LogP contribution >= 0.6 is 0 Å². The zero-order chi connectivity index (χ0) is 26.8. The van der Waals surface area contributed by atoms with Crippen LogP contribution in [0, 0.1) is 0 Å². The van der Waals surface area contributed by atoms with E-state index in [1.165, 1.54) is 32.1 Å². The van der Waals surface area contributed by atoms with E-state index in [1.54, 1.807) is 0 Å². The van der Waals surface area contributed by atoms with Crippen LogP contribution in [0.4, 0.5) is 0 Å². The third-order valence-corrected chi connectivity index (χ3v) is 6.29. The van der Waals surface area contributed by atoms with E-state index in [1.807, 2.05) is 0 Å². The van der Waals surface area contributed by atoms with Gasteiger partial charge in [0, 0.05) is 6.42 Å². The summed E-state index contributed by atoms with van der Waals surface area (Å²) in [5.41, 5.74) is 0. The van der Waals surface area contributed by atoms with Crippen molar-refractivity contribution in [3.05, 3.63) is 0 Å². The standard InChI is InChI=1S/C12H22O11.C10H20O2/c13-1-3-5(15)7(17)9(19)11(22-3)12(21)10(20)8(18)6(16)4(2-14)23-12;1-2-3-4-5-6-7-8-9-10(11)12/h3-11,13-21H,1-2H2;2-9H2,1H3,(H,11,12)/t3-,4-,5+,6-,7+,8+,9-,10-,11-,12-;/m1./s1. The topological polar surface area (TPSA) is 238 Å². The van der Waals surface area contributed by atoms with Crippen LogP contribution in [0.1, 0.15) is 58.3 Å². The SMILES string of the molecule is CCCCCCCCCC(=O)O.OC[C@H]1O[C@@H]([C@]2(O)O[C@H](CO)[C@@H](O)[C@H](O)[C@H]2O)[C@H](O)[C@@H](O)[C@H]1O. The minimum Gasteiger partial charge on any atom is -0.481 e. The van der Waals surface area contributed by atoms with Crippen molar-refractivity contribution in [1.82, 2.24) is 0 Å². The highest BCUT2D eigenvalue weighted by Gasteiger charge is 2.62. The second-order valence-corrected chi connectivity index (χ2v) is 9.03. The summed E-state index contributed by atoms with van der Waals surface area (Å²) in [5.74, 6) is -3.48. The van der Waals surface area contributed by atoms with Gasteiger partial charge < -0.3 is 60.5 Å². The average Bonchev–Trinajstić information content (AvgIpc) is 2.83. The maximum Gasteiger partial charge on any atom is 0.303 e. The zero-order valence-electron chi connectivity index (χ0n) is 20.0. The number of hydrogen-bond acceptors (Lipinski definition) is 12. The largest absolute Gasteiger partial charge is 0.481 e. The number of aliphatic carboxylic acids is 1. The first-order valence-corrected chi connectivity index (χ1v) is 12.0. The third-order valence-electron chi connectivity index (χ3n) is 6.29. The predicted octanol–water partition coefficient (Wildman–Crippen LogP) is -2.80. The van der Waals surface area contributed by atoms with Gasteiger partial charge in [-0.15, -0.1) is 0 Å². The Balaban J connectivity index is 0.000000434. The molecule has 0 radical (unpaired) electrons. The number of carboxylic acid groups (broad SMARTS) is 1. The molecule has 0 aromatic carbocycles. The van der Waals surface area contributed by atoms with Crippen LogP contribution in [-0.4, -0.2) is 131 Å². The number of carboxylic acids is 1. The maximum atomic E-state index is 10.5. The van der Waals surface area contributed by atoms with Crippen LogP contribution in [0.3, 0.4) is 0 Å². The van der Waals surface area contributed by atoms with Gasteiger partial charge in [0.05, 0.1) is 13.2 Å². The lowest BCUT2D eigenvalue weighted by molar-refractivity contribution is -0.406. The molecule has 0 spiro atoms. The first kappa shape index (κ1) is 32.1. The summed E-state index contributed by atoms with van der Waals surface area (Å²) in [5, 5.41) is 96.0. The third kappa shape index (κ3) is 8.54. The smallest absolute Gasteiger partial charge is 0.303 e. The summed E-state index contributed by atoms with van der Waals surface area (Å²) in [6, 6.07) is 0. The van der Waals surface area contributed by atoms with Gasteiger partial charge in [0.25, 0.3) is 0 Å². The summed E-state index contributed by atoms with van der Waals surface area (Å²) in [4.78, 5) is 10.1. The van der Waals surface area contributed by atoms with E-state index in [-0.39, 0.29) is 0 Å². The van der Waals surface area contributed by atoms with Gasteiger partial charge >= 0.3 is 5.97 Å². The molecule has 10 N–H and O–H groups in total. The summed E-state index contributed by atoms with van der Waals surface area (Å²) in [6.07, 6.45) is -7.45. The second-order valence-electron chi connectivity index (χ2n) is 9.03. The van der Waals surface area contributed by atoms with Crippen molar-refractivity contribution in [2.75, 3.05) is 13.2 Å². The van der Waals surface area contributed by atoms with E-state index in [2.05, 4.69) is 6.92 Å². The molecule has 2 saturated heterocycles. The number of hydrogen-bond donors (Lipinski definition) is 10. The molecule has 10 atom stereocenters. The maximum absolute atomic E-state index is 10.5. The van der Waals surface area contributed by atoms with Crippen LogP contribution < -0.4 is 0 Å². The normalized spacial score (nSPS) is 39.5. The number of rotatable bonds is 11. The zero-order valence-corrected chi connectivity index (χ0v) is 20.0. The molecular formula is C22H42O13. The molecule has 35 heavy (non-hydrogen) atoms. The van der Waals surface area contributed by atoms with Gasteiger partial charge in [0.15, 0.2) is 0 Å². The Morgan fingerprint density at radius 3 is 1.77 bits per heavy atom. The van der Waals surface area contributed by atoms with Gasteiger partial charge in [-0.2, -0.15) is 0 Å². The number of carbonyl (C=O) groups is 1. The predicted molar refractivity (Wildman–Crippen MR) is 119 cm³/mol. The highest BCUT2D eigenvalue weighted by atomic mass is 16.7. The first-order valence-electron chi connectivity index (χ1n) is 12.0. The molecule has 0 aliphatic carbocycles. The molecule has 2 aliphatic rings. The number of aliphatic hydroxyl groups excluding tert-OH is 8. The Kier molecular flexibility index (Phi) is 14.0. The molecule has 2 rings (SSSR count). The molecule has 0 aromatic heterocycles. The van der Waals surface area contributed by atoms with E-state index in [9.17, 15) is 40.5 Å². The van der Waals surface area contributed by atoms with Crippen molar-refractivity contribution in [2.24, 2.45) is 0 Å². The molecule has 2 fully saturated rings. The Bertz CT molecular complexity index is 604. The van der Waals surface area contributed by atoms with E-state index in [0.29, 0.717) is 6.42 Å². The minimum atomic E-state index is -2.82. The Labute approximate surface area is 204 Å². The van der Waals surface area contributed by atoms with Crippen molar-refractivity contribution in [3.63, 3.8) is 0 Å². The van der Waals surface area contributed by atoms with Crippen molar-refractivity contribution in [1.29, 1.82) is 0 Å². The summed E-state index contributed by atoms with van der Waals surface area (Å²) in [7, 11) is 0. The quantitative estimate of drug-likeness (QED) is 0.126. The van der Waals surface area contributed by atoms with Crippen LogP contribution in [0.25, 0.3) is 0 Å². The lowest BCUT2D eigenvalue weighted by atomic mass is 9.83. The van der Waals surface area contributed by atoms with Crippen LogP contribution in [0.5, 0.6) is 0 Å². The molecule has 13 heteroatoms. The molecule has 0 unspecified atom stereocenters. The molecule has 13 nitrogen and oxygen atoms in total. The number of ether oxygens (including phenoxy) is 2. The van der Waals surface area contributed by atoms with Gasteiger partial charge in [0.2, 0.25) is 5.79 Å². The number of unbranched alkanes of at least 4 members (excludes halogenated alkanes) is 6. The van der Waals surface area contributed by atoms with E-state index < -0.39 is 79.9 Å². The van der Waals surface area contributed by atoms with Gasteiger partial charge in [-0.1, -0.05) is 45.4 Å². The lowest BCUT2D eigenvalue weighted by Crippen LogP contribution is -2.75. The fourth-order valence-electron chi connectivity index (χ4n) is 4.09. The van der Waals surface area contributed by atoms with Gasteiger partial charge in [0.1, 0.15) is 54.9 Å². The Hall–Kier alpha value is -0.970. The highest BCUT2D eigenvalue weighted by Crippen LogP contribution is 2.37. The minimum absolute atomic E-state index is 0.341. The van der Waals surface area contributed by atoms with Crippen LogP contribution in [0.2, 0.25) is 0 Å².